The number of esters is 1. The number of nitrogens with two attached hydrogens (primary N) is 1. The molecule has 1 aromatic rings. The van der Waals surface area contributed by atoms with Crippen molar-refractivity contribution in [1.82, 2.24) is 4.90 Å². The average Bonchev–Trinajstić information content (AvgIpc) is 2.38. The van der Waals surface area contributed by atoms with Crippen molar-refractivity contribution in [3.8, 4) is 5.75 Å². The van der Waals surface area contributed by atoms with E-state index in [0.29, 0.717) is 19.7 Å². The van der Waals surface area contributed by atoms with E-state index in [1.54, 1.807) is 14.0 Å². The van der Waals surface area contributed by atoms with Crippen molar-refractivity contribution in [2.45, 2.75) is 20.0 Å². The Hall–Kier alpha value is -1.59. The molecular formula is C14H22N2O3. The number of likely N-dealkylation sites (N-methyl/N-ethyl adjacent to an activating group) is 1. The number of carbonyl (C=O) groups excluding carboxylic acids is 1. The molecule has 0 heterocycles. The molecule has 0 atom stereocenters. The number of hydrogen-bond donors (Lipinski definition) is 1. The zero-order chi connectivity index (χ0) is 14.3. The molecule has 0 aromatic heterocycles. The molecule has 106 valence electrons. The van der Waals surface area contributed by atoms with Crippen molar-refractivity contribution in [2.24, 2.45) is 5.73 Å². The van der Waals surface area contributed by atoms with Crippen LogP contribution in [0.5, 0.6) is 5.75 Å². The summed E-state index contributed by atoms with van der Waals surface area (Å²) >= 11 is 0. The molecule has 19 heavy (non-hydrogen) atoms. The highest BCUT2D eigenvalue weighted by Crippen LogP contribution is 2.20. The smallest absolute Gasteiger partial charge is 0.320 e. The second-order valence-electron chi connectivity index (χ2n) is 4.33. The molecule has 0 aliphatic carbocycles. The summed E-state index contributed by atoms with van der Waals surface area (Å²) < 4.78 is 10.2. The van der Waals surface area contributed by atoms with E-state index in [9.17, 15) is 4.79 Å². The summed E-state index contributed by atoms with van der Waals surface area (Å²) in [4.78, 5) is 13.3. The molecule has 0 fully saturated rings. The van der Waals surface area contributed by atoms with E-state index in [4.69, 9.17) is 15.2 Å². The van der Waals surface area contributed by atoms with E-state index in [-0.39, 0.29) is 12.5 Å². The first-order valence-corrected chi connectivity index (χ1v) is 6.30. The van der Waals surface area contributed by atoms with Gasteiger partial charge in [0.05, 0.1) is 20.3 Å². The first kappa shape index (κ1) is 15.5. The van der Waals surface area contributed by atoms with Gasteiger partial charge in [-0.05, 0) is 25.6 Å². The quantitative estimate of drug-likeness (QED) is 0.750. The first-order valence-electron chi connectivity index (χ1n) is 6.30. The van der Waals surface area contributed by atoms with Crippen LogP contribution in [0.25, 0.3) is 0 Å². The third-order valence-electron chi connectivity index (χ3n) is 2.73. The van der Waals surface area contributed by atoms with Crippen LogP contribution >= 0.6 is 0 Å². The molecule has 1 aromatic carbocycles. The SMILES string of the molecule is CCOC(=O)CN(C)Cc1ccc(CN)c(OC)c1. The predicted molar refractivity (Wildman–Crippen MR) is 73.9 cm³/mol. The van der Waals surface area contributed by atoms with Gasteiger partial charge in [0.15, 0.2) is 0 Å². The molecule has 0 spiro atoms. The fourth-order valence-corrected chi connectivity index (χ4v) is 1.85. The first-order chi connectivity index (χ1) is 9.10. The summed E-state index contributed by atoms with van der Waals surface area (Å²) in [7, 11) is 3.50. The molecule has 0 amide bonds. The molecule has 2 N–H and O–H groups in total. The minimum atomic E-state index is -0.212. The van der Waals surface area contributed by atoms with Gasteiger partial charge in [-0.2, -0.15) is 0 Å². The molecule has 5 heteroatoms. The number of hydrogen-bond acceptors (Lipinski definition) is 5. The van der Waals surface area contributed by atoms with Crippen molar-refractivity contribution >= 4 is 5.97 Å². The second kappa shape index (κ2) is 7.76. The van der Waals surface area contributed by atoms with Gasteiger partial charge in [0, 0.05) is 18.7 Å². The van der Waals surface area contributed by atoms with E-state index in [1.807, 2.05) is 30.1 Å². The van der Waals surface area contributed by atoms with E-state index in [2.05, 4.69) is 0 Å². The van der Waals surface area contributed by atoms with Crippen LogP contribution in [-0.4, -0.2) is 38.2 Å². The Morgan fingerprint density at radius 3 is 2.74 bits per heavy atom. The minimum absolute atomic E-state index is 0.212. The van der Waals surface area contributed by atoms with Crippen LogP contribution in [0, 0.1) is 0 Å². The maximum Gasteiger partial charge on any atom is 0.320 e. The van der Waals surface area contributed by atoms with Gasteiger partial charge in [-0.3, -0.25) is 9.69 Å². The second-order valence-corrected chi connectivity index (χ2v) is 4.33. The van der Waals surface area contributed by atoms with Gasteiger partial charge in [0.1, 0.15) is 5.75 Å². The monoisotopic (exact) mass is 266 g/mol. The van der Waals surface area contributed by atoms with E-state index in [1.165, 1.54) is 0 Å². The topological polar surface area (TPSA) is 64.8 Å². The number of carbonyl (C=O) groups is 1. The largest absolute Gasteiger partial charge is 0.496 e. The maximum absolute atomic E-state index is 11.4. The molecule has 5 nitrogen and oxygen atoms in total. The lowest BCUT2D eigenvalue weighted by molar-refractivity contribution is -0.144. The summed E-state index contributed by atoms with van der Waals surface area (Å²) in [5.74, 6) is 0.570. The van der Waals surface area contributed by atoms with Crippen molar-refractivity contribution in [2.75, 3.05) is 27.3 Å². The molecule has 0 radical (unpaired) electrons. The Kier molecular flexibility index (Phi) is 6.32. The number of nitrogens with zero attached hydrogens (tertiary/aromatic N) is 1. The molecule has 0 aliphatic rings. The van der Waals surface area contributed by atoms with Gasteiger partial charge in [0.25, 0.3) is 0 Å². The molecule has 0 saturated heterocycles. The lowest BCUT2D eigenvalue weighted by Gasteiger charge is -2.16. The van der Waals surface area contributed by atoms with Crippen molar-refractivity contribution in [3.63, 3.8) is 0 Å². The van der Waals surface area contributed by atoms with E-state index < -0.39 is 0 Å². The maximum atomic E-state index is 11.4. The third-order valence-corrected chi connectivity index (χ3v) is 2.73. The molecule has 0 bridgehead atoms. The highest BCUT2D eigenvalue weighted by atomic mass is 16.5. The van der Waals surface area contributed by atoms with Crippen molar-refractivity contribution in [1.29, 1.82) is 0 Å². The van der Waals surface area contributed by atoms with E-state index >= 15 is 0 Å². The standard InChI is InChI=1S/C14H22N2O3/c1-4-19-14(17)10-16(2)9-11-5-6-12(8-15)13(7-11)18-3/h5-7H,4,8-10,15H2,1-3H3. The Morgan fingerprint density at radius 2 is 2.16 bits per heavy atom. The van der Waals surface area contributed by atoms with Gasteiger partial charge >= 0.3 is 5.97 Å². The van der Waals surface area contributed by atoms with Crippen molar-refractivity contribution in [3.05, 3.63) is 29.3 Å². The van der Waals surface area contributed by atoms with Crippen LogP contribution in [-0.2, 0) is 22.6 Å². The highest BCUT2D eigenvalue weighted by molar-refractivity contribution is 5.71. The zero-order valence-corrected chi connectivity index (χ0v) is 11.8. The van der Waals surface area contributed by atoms with Crippen LogP contribution in [0.1, 0.15) is 18.1 Å². The van der Waals surface area contributed by atoms with Gasteiger partial charge < -0.3 is 15.2 Å². The molecule has 1 rings (SSSR count). The molecule has 0 saturated carbocycles. The normalized spacial score (nSPS) is 10.6. The fourth-order valence-electron chi connectivity index (χ4n) is 1.85. The Balaban J connectivity index is 2.64. The Labute approximate surface area is 114 Å². The zero-order valence-electron chi connectivity index (χ0n) is 11.8. The van der Waals surface area contributed by atoms with Gasteiger partial charge in [-0.15, -0.1) is 0 Å². The van der Waals surface area contributed by atoms with Crippen molar-refractivity contribution < 1.29 is 14.3 Å². The fraction of sp³-hybridized carbons (Fsp3) is 0.500. The summed E-state index contributed by atoms with van der Waals surface area (Å²) in [6.45, 7) is 3.58. The molecular weight excluding hydrogens is 244 g/mol. The summed E-state index contributed by atoms with van der Waals surface area (Å²) in [6, 6.07) is 5.89. The van der Waals surface area contributed by atoms with Gasteiger partial charge in [0.2, 0.25) is 0 Å². The average molecular weight is 266 g/mol. The highest BCUT2D eigenvalue weighted by Gasteiger charge is 2.09. The third kappa shape index (κ3) is 4.89. The van der Waals surface area contributed by atoms with E-state index in [0.717, 1.165) is 16.9 Å². The summed E-state index contributed by atoms with van der Waals surface area (Å²) in [5, 5.41) is 0. The molecule has 0 unspecified atom stereocenters. The summed E-state index contributed by atoms with van der Waals surface area (Å²) in [5.41, 5.74) is 7.67. The lowest BCUT2D eigenvalue weighted by atomic mass is 10.1. The van der Waals surface area contributed by atoms with Crippen LogP contribution in [0.2, 0.25) is 0 Å². The van der Waals surface area contributed by atoms with Crippen LogP contribution in [0.4, 0.5) is 0 Å². The number of ether oxygens (including phenoxy) is 2. The minimum Gasteiger partial charge on any atom is -0.496 e. The van der Waals surface area contributed by atoms with Crippen LogP contribution in [0.15, 0.2) is 18.2 Å². The van der Waals surface area contributed by atoms with Crippen LogP contribution in [0.3, 0.4) is 0 Å². The van der Waals surface area contributed by atoms with Gasteiger partial charge in [-0.1, -0.05) is 12.1 Å². The number of methoxy groups -OCH3 is 1. The predicted octanol–water partition coefficient (Wildman–Crippen LogP) is 1.15. The lowest BCUT2D eigenvalue weighted by Crippen LogP contribution is -2.27. The Morgan fingerprint density at radius 1 is 1.42 bits per heavy atom. The number of rotatable bonds is 7. The number of benzene rings is 1. The van der Waals surface area contributed by atoms with Gasteiger partial charge in [-0.25, -0.2) is 0 Å². The van der Waals surface area contributed by atoms with Crippen LogP contribution < -0.4 is 10.5 Å². The Bertz CT molecular complexity index is 421. The summed E-state index contributed by atoms with van der Waals surface area (Å²) in [6.07, 6.45) is 0. The molecule has 0 aliphatic heterocycles.